The molecule has 1 atom stereocenters. The summed E-state index contributed by atoms with van der Waals surface area (Å²) in [5.74, 6) is -0.453. The summed E-state index contributed by atoms with van der Waals surface area (Å²) < 4.78 is 4.99. The van der Waals surface area contributed by atoms with E-state index in [0.29, 0.717) is 10.6 Å². The minimum atomic E-state index is -0.453. The molecule has 0 saturated carbocycles. The van der Waals surface area contributed by atoms with Crippen LogP contribution in [0.1, 0.15) is 39.3 Å². The van der Waals surface area contributed by atoms with Gasteiger partial charge in [-0.1, -0.05) is 53.2 Å². The highest BCUT2D eigenvalue weighted by atomic mass is 35.5. The molecule has 0 fully saturated rings. The summed E-state index contributed by atoms with van der Waals surface area (Å²) in [6.45, 7) is 2.03. The van der Waals surface area contributed by atoms with Crippen LogP contribution in [-0.2, 0) is 4.74 Å². The molecule has 30 heavy (non-hydrogen) atoms. The molecule has 3 aromatic carbocycles. The van der Waals surface area contributed by atoms with Crippen LogP contribution < -0.4 is 5.32 Å². The number of oxime groups is 1. The summed E-state index contributed by atoms with van der Waals surface area (Å²) in [5.41, 5.74) is 4.29. The van der Waals surface area contributed by atoms with Crippen molar-refractivity contribution in [3.63, 3.8) is 0 Å². The molecule has 0 aromatic heterocycles. The van der Waals surface area contributed by atoms with Crippen LogP contribution in [0.15, 0.2) is 71.9 Å². The van der Waals surface area contributed by atoms with Crippen LogP contribution in [0.5, 0.6) is 0 Å². The van der Waals surface area contributed by atoms with Gasteiger partial charge in [0.1, 0.15) is 0 Å². The number of hydrogen-bond donors (Lipinski definition) is 2. The molecular weight excluding hydrogens is 423 g/mol. The molecular formula is C23H20Cl2N2O3. The number of carbonyl (C=O) groups is 1. The monoisotopic (exact) mass is 442 g/mol. The number of hydrogen-bond acceptors (Lipinski definition) is 5. The van der Waals surface area contributed by atoms with Crippen molar-refractivity contribution in [1.29, 1.82) is 0 Å². The van der Waals surface area contributed by atoms with Crippen molar-refractivity contribution in [1.82, 2.24) is 0 Å². The number of anilines is 2. The largest absolute Gasteiger partial charge is 0.462 e. The Morgan fingerprint density at radius 2 is 1.90 bits per heavy atom. The van der Waals surface area contributed by atoms with Crippen molar-refractivity contribution in [3.05, 3.63) is 94.0 Å². The first kappa shape index (κ1) is 21.7. The minimum absolute atomic E-state index is 0.287. The van der Waals surface area contributed by atoms with E-state index in [2.05, 4.69) is 10.5 Å². The summed E-state index contributed by atoms with van der Waals surface area (Å²) in [6.07, 6.45) is 1.36. The van der Waals surface area contributed by atoms with Crippen molar-refractivity contribution >= 4 is 46.8 Å². The van der Waals surface area contributed by atoms with Gasteiger partial charge in [-0.15, -0.1) is 11.6 Å². The Bertz CT molecular complexity index is 1070. The Hall–Kier alpha value is -3.02. The average Bonchev–Trinajstić information content (AvgIpc) is 2.74. The van der Waals surface area contributed by atoms with Crippen LogP contribution in [0.3, 0.4) is 0 Å². The number of esters is 1. The molecule has 0 aliphatic carbocycles. The second kappa shape index (κ2) is 10.1. The lowest BCUT2D eigenvalue weighted by atomic mass is 9.99. The van der Waals surface area contributed by atoms with Crippen LogP contribution in [0.2, 0.25) is 5.02 Å². The smallest absolute Gasteiger partial charge is 0.339 e. The van der Waals surface area contributed by atoms with Crippen molar-refractivity contribution in [2.75, 3.05) is 11.9 Å². The van der Waals surface area contributed by atoms with Crippen LogP contribution in [0.4, 0.5) is 11.4 Å². The summed E-state index contributed by atoms with van der Waals surface area (Å²) in [5, 5.41) is 15.1. The predicted molar refractivity (Wildman–Crippen MR) is 121 cm³/mol. The molecule has 0 bridgehead atoms. The van der Waals surface area contributed by atoms with Gasteiger partial charge in [-0.2, -0.15) is 0 Å². The van der Waals surface area contributed by atoms with E-state index in [1.165, 1.54) is 6.21 Å². The summed E-state index contributed by atoms with van der Waals surface area (Å²) >= 11 is 13.0. The second-order valence-electron chi connectivity index (χ2n) is 6.40. The third-order valence-corrected chi connectivity index (χ3v) is 5.20. The summed E-state index contributed by atoms with van der Waals surface area (Å²) in [7, 11) is 0. The Kier molecular flexibility index (Phi) is 7.33. The van der Waals surface area contributed by atoms with Gasteiger partial charge in [0, 0.05) is 16.9 Å². The standard InChI is InChI=1S/C23H20Cl2N2O3/c1-2-30-23(28)20-11-10-18(13-21(20)24)27-17-8-5-7-15(12-17)22(25)19-9-4-3-6-16(19)14-26-29/h3-14,22,27,29H,2H2,1H3/b26-14+. The zero-order chi connectivity index (χ0) is 21.5. The Morgan fingerprint density at radius 3 is 2.63 bits per heavy atom. The number of carbonyl (C=O) groups excluding carboxylic acids is 1. The van der Waals surface area contributed by atoms with Gasteiger partial charge >= 0.3 is 5.97 Å². The first-order chi connectivity index (χ1) is 14.5. The van der Waals surface area contributed by atoms with E-state index in [4.69, 9.17) is 33.1 Å². The molecule has 154 valence electrons. The second-order valence-corrected chi connectivity index (χ2v) is 7.25. The maximum Gasteiger partial charge on any atom is 0.339 e. The topological polar surface area (TPSA) is 70.9 Å². The molecule has 2 N–H and O–H groups in total. The molecule has 0 radical (unpaired) electrons. The maximum atomic E-state index is 11.9. The molecule has 5 nitrogen and oxygen atoms in total. The summed E-state index contributed by atoms with van der Waals surface area (Å²) in [4.78, 5) is 11.9. The first-order valence-electron chi connectivity index (χ1n) is 9.27. The number of ether oxygens (including phenoxy) is 1. The van der Waals surface area contributed by atoms with Crippen molar-refractivity contribution in [3.8, 4) is 0 Å². The number of halogens is 2. The molecule has 0 spiro atoms. The van der Waals surface area contributed by atoms with Gasteiger partial charge in [-0.25, -0.2) is 4.79 Å². The first-order valence-corrected chi connectivity index (χ1v) is 10.1. The number of nitrogens with zero attached hydrogens (tertiary/aromatic N) is 1. The molecule has 7 heteroatoms. The zero-order valence-electron chi connectivity index (χ0n) is 16.2. The van der Waals surface area contributed by atoms with Gasteiger partial charge in [-0.05, 0) is 48.4 Å². The Morgan fingerprint density at radius 1 is 1.13 bits per heavy atom. The fourth-order valence-corrected chi connectivity index (χ4v) is 3.60. The van der Waals surface area contributed by atoms with E-state index in [1.807, 2.05) is 48.5 Å². The van der Waals surface area contributed by atoms with Crippen molar-refractivity contribution in [2.45, 2.75) is 12.3 Å². The van der Waals surface area contributed by atoms with Crippen LogP contribution in [0, 0.1) is 0 Å². The quantitative estimate of drug-likeness (QED) is 0.146. The molecule has 1 unspecified atom stereocenters. The molecule has 0 saturated heterocycles. The van der Waals surface area contributed by atoms with Gasteiger partial charge < -0.3 is 15.3 Å². The van der Waals surface area contributed by atoms with Crippen LogP contribution in [-0.4, -0.2) is 24.0 Å². The Balaban J connectivity index is 1.83. The van der Waals surface area contributed by atoms with E-state index in [1.54, 1.807) is 25.1 Å². The third-order valence-electron chi connectivity index (χ3n) is 4.40. The number of benzene rings is 3. The highest BCUT2D eigenvalue weighted by Gasteiger charge is 2.15. The lowest BCUT2D eigenvalue weighted by Gasteiger charge is -2.15. The van der Waals surface area contributed by atoms with E-state index < -0.39 is 11.3 Å². The number of nitrogens with one attached hydrogen (secondary N) is 1. The van der Waals surface area contributed by atoms with Crippen molar-refractivity contribution < 1.29 is 14.7 Å². The highest BCUT2D eigenvalue weighted by molar-refractivity contribution is 6.33. The lowest BCUT2D eigenvalue weighted by Crippen LogP contribution is -2.05. The van der Waals surface area contributed by atoms with Crippen LogP contribution in [0.25, 0.3) is 0 Å². The van der Waals surface area contributed by atoms with Gasteiger partial charge in [0.2, 0.25) is 0 Å². The molecule has 3 rings (SSSR count). The Labute approximate surface area is 184 Å². The minimum Gasteiger partial charge on any atom is -0.462 e. The molecule has 0 amide bonds. The highest BCUT2D eigenvalue weighted by Crippen LogP contribution is 2.33. The summed E-state index contributed by atoms with van der Waals surface area (Å²) in [6, 6.07) is 20.2. The fourth-order valence-electron chi connectivity index (χ4n) is 3.01. The molecule has 3 aromatic rings. The van der Waals surface area contributed by atoms with Gasteiger partial charge in [0.15, 0.2) is 0 Å². The molecule has 0 aliphatic heterocycles. The average molecular weight is 443 g/mol. The SMILES string of the molecule is CCOC(=O)c1ccc(Nc2cccc(C(Cl)c3ccccc3/C=N/O)c2)cc1Cl. The van der Waals surface area contributed by atoms with E-state index >= 15 is 0 Å². The van der Waals surface area contributed by atoms with Gasteiger partial charge in [0.25, 0.3) is 0 Å². The third kappa shape index (κ3) is 5.12. The van der Waals surface area contributed by atoms with Gasteiger partial charge in [-0.3, -0.25) is 0 Å². The lowest BCUT2D eigenvalue weighted by molar-refractivity contribution is 0.0526. The van der Waals surface area contributed by atoms with E-state index in [0.717, 1.165) is 28.1 Å². The fraction of sp³-hybridized carbons (Fsp3) is 0.130. The number of alkyl halides is 1. The van der Waals surface area contributed by atoms with Crippen LogP contribution >= 0.6 is 23.2 Å². The molecule has 0 aliphatic rings. The zero-order valence-corrected chi connectivity index (χ0v) is 17.7. The predicted octanol–water partition coefficient (Wildman–Crippen LogP) is 6.40. The number of rotatable bonds is 7. The van der Waals surface area contributed by atoms with E-state index in [-0.39, 0.29) is 6.61 Å². The molecule has 0 heterocycles. The van der Waals surface area contributed by atoms with Gasteiger partial charge in [0.05, 0.1) is 28.8 Å². The maximum absolute atomic E-state index is 11.9. The van der Waals surface area contributed by atoms with Crippen molar-refractivity contribution in [2.24, 2.45) is 5.16 Å². The normalized spacial score (nSPS) is 12.0. The van der Waals surface area contributed by atoms with E-state index in [9.17, 15) is 4.79 Å².